The lowest BCUT2D eigenvalue weighted by Gasteiger charge is -2.15. The maximum atomic E-state index is 12.7. The topological polar surface area (TPSA) is 129 Å². The number of benzene rings is 3. The zero-order chi connectivity index (χ0) is 27.2. The third-order valence-electron chi connectivity index (χ3n) is 5.12. The number of rotatable bonds is 10. The molecule has 3 aromatic rings. The van der Waals surface area contributed by atoms with Crippen molar-refractivity contribution in [3.8, 4) is 17.2 Å². The van der Waals surface area contributed by atoms with Crippen LogP contribution in [0.5, 0.6) is 17.2 Å². The molecule has 3 rings (SSSR count). The molecule has 0 fully saturated rings. The van der Waals surface area contributed by atoms with Gasteiger partial charge in [0.25, 0.3) is 15.9 Å². The molecule has 0 unspecified atom stereocenters. The second kappa shape index (κ2) is 11.8. The van der Waals surface area contributed by atoms with E-state index in [2.05, 4.69) is 10.0 Å². The first-order valence-corrected chi connectivity index (χ1v) is 12.6. The van der Waals surface area contributed by atoms with Crippen molar-refractivity contribution in [1.82, 2.24) is 0 Å². The van der Waals surface area contributed by atoms with E-state index < -0.39 is 28.5 Å². The Morgan fingerprint density at radius 2 is 1.54 bits per heavy atom. The summed E-state index contributed by atoms with van der Waals surface area (Å²) in [5, 5.41) is 3.08. The highest BCUT2D eigenvalue weighted by molar-refractivity contribution is 7.92. The molecule has 0 heterocycles. The van der Waals surface area contributed by atoms with E-state index in [0.717, 1.165) is 0 Å². The number of carbonyl (C=O) groups excluding carboxylic acids is 2. The van der Waals surface area contributed by atoms with Crippen LogP contribution in [-0.2, 0) is 19.6 Å². The molecular weight excluding hydrogens is 524 g/mol. The van der Waals surface area contributed by atoms with Crippen LogP contribution in [0.1, 0.15) is 15.9 Å². The van der Waals surface area contributed by atoms with E-state index in [1.54, 1.807) is 31.2 Å². The van der Waals surface area contributed by atoms with Crippen LogP contribution >= 0.6 is 11.6 Å². The van der Waals surface area contributed by atoms with E-state index in [9.17, 15) is 18.0 Å². The molecule has 0 aromatic heterocycles. The van der Waals surface area contributed by atoms with Crippen molar-refractivity contribution < 1.29 is 37.0 Å². The van der Waals surface area contributed by atoms with Gasteiger partial charge in [0, 0.05) is 22.8 Å². The number of nitrogens with one attached hydrogen (secondary N) is 2. The smallest absolute Gasteiger partial charge is 0.340 e. The Kier molecular flexibility index (Phi) is 8.85. The highest BCUT2D eigenvalue weighted by Gasteiger charge is 2.20. The highest BCUT2D eigenvalue weighted by atomic mass is 35.5. The zero-order valence-corrected chi connectivity index (χ0v) is 22.0. The molecule has 0 aliphatic heterocycles. The van der Waals surface area contributed by atoms with Crippen LogP contribution in [0.4, 0.5) is 11.4 Å². The summed E-state index contributed by atoms with van der Waals surface area (Å²) in [6.07, 6.45) is 0. The van der Waals surface area contributed by atoms with Crippen LogP contribution < -0.4 is 24.2 Å². The molecule has 10 nitrogen and oxygen atoms in total. The van der Waals surface area contributed by atoms with Crippen LogP contribution in [0.25, 0.3) is 0 Å². The van der Waals surface area contributed by atoms with Crippen molar-refractivity contribution in [2.75, 3.05) is 38.0 Å². The number of anilines is 2. The van der Waals surface area contributed by atoms with E-state index in [4.69, 9.17) is 30.5 Å². The van der Waals surface area contributed by atoms with Crippen molar-refractivity contribution in [3.63, 3.8) is 0 Å². The highest BCUT2D eigenvalue weighted by Crippen LogP contribution is 2.34. The van der Waals surface area contributed by atoms with Gasteiger partial charge in [-0.15, -0.1) is 0 Å². The van der Waals surface area contributed by atoms with Gasteiger partial charge in [-0.2, -0.15) is 0 Å². The zero-order valence-electron chi connectivity index (χ0n) is 20.5. The van der Waals surface area contributed by atoms with Gasteiger partial charge in [0.05, 0.1) is 37.5 Å². The quantitative estimate of drug-likeness (QED) is 0.359. The van der Waals surface area contributed by atoms with Crippen LogP contribution in [-0.4, -0.2) is 48.2 Å². The molecule has 0 spiro atoms. The second-order valence-corrected chi connectivity index (χ2v) is 9.74. The molecule has 0 bridgehead atoms. The number of halogens is 1. The van der Waals surface area contributed by atoms with Gasteiger partial charge < -0.3 is 24.3 Å². The van der Waals surface area contributed by atoms with E-state index in [1.165, 1.54) is 51.7 Å². The van der Waals surface area contributed by atoms with Gasteiger partial charge in [-0.05, 0) is 55.0 Å². The largest absolute Gasteiger partial charge is 0.493 e. The number of aryl methyl sites for hydroxylation is 1. The summed E-state index contributed by atoms with van der Waals surface area (Å²) in [5.41, 5.74) is 1.06. The molecule has 0 saturated heterocycles. The minimum atomic E-state index is -3.86. The van der Waals surface area contributed by atoms with Gasteiger partial charge in [-0.25, -0.2) is 13.2 Å². The standard InChI is InChI=1S/C25H25ClN2O8S/c1-15-11-18(37(31,32)28-17-7-5-16(26)6-8-17)9-10-21(15)36-14-24(29)27-20-13-23(34-3)22(33-2)12-19(20)25(30)35-4/h5-13,28H,14H2,1-4H3,(H,27,29). The Balaban J connectivity index is 1.71. The average Bonchev–Trinajstić information content (AvgIpc) is 2.88. The number of sulfonamides is 1. The number of carbonyl (C=O) groups is 2. The van der Waals surface area contributed by atoms with Gasteiger partial charge in [0.2, 0.25) is 0 Å². The molecule has 0 atom stereocenters. The first kappa shape index (κ1) is 27.6. The Bertz CT molecular complexity index is 1410. The molecular formula is C25H25ClN2O8S. The summed E-state index contributed by atoms with van der Waals surface area (Å²) < 4.78 is 48.7. The van der Waals surface area contributed by atoms with Crippen molar-refractivity contribution in [3.05, 3.63) is 70.7 Å². The fourth-order valence-corrected chi connectivity index (χ4v) is 4.54. The summed E-state index contributed by atoms with van der Waals surface area (Å²) in [6.45, 7) is 1.24. The van der Waals surface area contributed by atoms with Crippen LogP contribution in [0.15, 0.2) is 59.5 Å². The normalized spacial score (nSPS) is 10.8. The summed E-state index contributed by atoms with van der Waals surface area (Å²) in [5.74, 6) is -0.365. The molecule has 37 heavy (non-hydrogen) atoms. The molecule has 2 N–H and O–H groups in total. The fraction of sp³-hybridized carbons (Fsp3) is 0.200. The Morgan fingerprint density at radius 3 is 2.14 bits per heavy atom. The predicted octanol–water partition coefficient (Wildman–Crippen LogP) is 4.27. The van der Waals surface area contributed by atoms with Gasteiger partial charge >= 0.3 is 5.97 Å². The Hall–Kier alpha value is -3.96. The van der Waals surface area contributed by atoms with Crippen molar-refractivity contribution in [2.24, 2.45) is 0 Å². The van der Waals surface area contributed by atoms with Crippen LogP contribution in [0.2, 0.25) is 5.02 Å². The van der Waals surface area contributed by atoms with Crippen LogP contribution in [0, 0.1) is 6.92 Å². The molecule has 3 aromatic carbocycles. The summed E-state index contributed by atoms with van der Waals surface area (Å²) >= 11 is 5.84. The molecule has 0 saturated carbocycles. The Labute approximate surface area is 219 Å². The molecule has 1 amide bonds. The molecule has 0 aliphatic rings. The minimum Gasteiger partial charge on any atom is -0.493 e. The monoisotopic (exact) mass is 548 g/mol. The number of esters is 1. The number of hydrogen-bond acceptors (Lipinski definition) is 8. The maximum absolute atomic E-state index is 12.7. The third kappa shape index (κ3) is 6.83. The van der Waals surface area contributed by atoms with Gasteiger partial charge in [0.1, 0.15) is 5.75 Å². The number of ether oxygens (including phenoxy) is 4. The average molecular weight is 549 g/mol. The molecule has 196 valence electrons. The lowest BCUT2D eigenvalue weighted by Crippen LogP contribution is -2.22. The lowest BCUT2D eigenvalue weighted by atomic mass is 10.1. The van der Waals surface area contributed by atoms with Crippen molar-refractivity contribution >= 4 is 44.9 Å². The maximum Gasteiger partial charge on any atom is 0.340 e. The van der Waals surface area contributed by atoms with E-state index in [1.807, 2.05) is 0 Å². The van der Waals surface area contributed by atoms with E-state index in [0.29, 0.717) is 27.8 Å². The van der Waals surface area contributed by atoms with Crippen molar-refractivity contribution in [2.45, 2.75) is 11.8 Å². The van der Waals surface area contributed by atoms with Crippen LogP contribution in [0.3, 0.4) is 0 Å². The molecule has 0 radical (unpaired) electrons. The van der Waals surface area contributed by atoms with Gasteiger partial charge in [-0.3, -0.25) is 9.52 Å². The third-order valence-corrected chi connectivity index (χ3v) is 6.75. The van der Waals surface area contributed by atoms with E-state index in [-0.39, 0.29) is 21.9 Å². The molecule has 12 heteroatoms. The first-order valence-electron chi connectivity index (χ1n) is 10.7. The van der Waals surface area contributed by atoms with Gasteiger partial charge in [-0.1, -0.05) is 11.6 Å². The van der Waals surface area contributed by atoms with Gasteiger partial charge in [0.15, 0.2) is 18.1 Å². The first-order chi connectivity index (χ1) is 17.6. The predicted molar refractivity (Wildman–Crippen MR) is 138 cm³/mol. The summed E-state index contributed by atoms with van der Waals surface area (Å²) in [4.78, 5) is 24.8. The number of amides is 1. The second-order valence-electron chi connectivity index (χ2n) is 7.62. The molecule has 0 aliphatic carbocycles. The lowest BCUT2D eigenvalue weighted by molar-refractivity contribution is -0.118. The van der Waals surface area contributed by atoms with Crippen molar-refractivity contribution in [1.29, 1.82) is 0 Å². The summed E-state index contributed by atoms with van der Waals surface area (Å²) in [7, 11) is 0.187. The SMILES string of the molecule is COC(=O)c1cc(OC)c(OC)cc1NC(=O)COc1ccc(S(=O)(=O)Nc2ccc(Cl)cc2)cc1C. The number of methoxy groups -OCH3 is 3. The minimum absolute atomic E-state index is 0.0183. The Morgan fingerprint density at radius 1 is 0.892 bits per heavy atom. The van der Waals surface area contributed by atoms with E-state index >= 15 is 0 Å². The fourth-order valence-electron chi connectivity index (χ4n) is 3.27. The summed E-state index contributed by atoms with van der Waals surface area (Å²) in [6, 6.07) is 13.3. The number of hydrogen-bond donors (Lipinski definition) is 2.